The van der Waals surface area contributed by atoms with Crippen LogP contribution < -0.4 is 23.7 Å². The van der Waals surface area contributed by atoms with Crippen LogP contribution in [0.15, 0.2) is 108 Å². The summed E-state index contributed by atoms with van der Waals surface area (Å²) < 4.78 is 76.9. The van der Waals surface area contributed by atoms with Gasteiger partial charge in [-0.2, -0.15) is 5.10 Å². The van der Waals surface area contributed by atoms with Crippen molar-refractivity contribution in [3.05, 3.63) is 109 Å². The molecule has 6 rings (SSSR count). The lowest BCUT2D eigenvalue weighted by Gasteiger charge is -2.17. The van der Waals surface area contributed by atoms with Crippen molar-refractivity contribution in [1.29, 1.82) is 0 Å². The Morgan fingerprint density at radius 1 is 0.725 bits per heavy atom. The molecular formula is C33H29ClN8O7S2. The molecule has 15 nitrogen and oxygen atoms in total. The van der Waals surface area contributed by atoms with Crippen LogP contribution in [-0.4, -0.2) is 67.9 Å². The first kappa shape index (κ1) is 35.1. The molecule has 4 heterocycles. The zero-order chi connectivity index (χ0) is 36.2. The third-order valence-corrected chi connectivity index (χ3v) is 10.4. The van der Waals surface area contributed by atoms with Crippen molar-refractivity contribution in [2.75, 3.05) is 30.8 Å². The van der Waals surface area contributed by atoms with Crippen LogP contribution in [0.1, 0.15) is 5.56 Å². The molecule has 0 aliphatic heterocycles. The van der Waals surface area contributed by atoms with E-state index in [1.165, 1.54) is 64.2 Å². The average Bonchev–Trinajstić information content (AvgIpc) is 3.60. The van der Waals surface area contributed by atoms with Crippen molar-refractivity contribution in [1.82, 2.24) is 29.7 Å². The number of anilines is 2. The monoisotopic (exact) mass is 748 g/mol. The van der Waals surface area contributed by atoms with Crippen molar-refractivity contribution in [3.8, 4) is 39.8 Å². The molecule has 2 aromatic carbocycles. The normalized spacial score (nSPS) is 11.5. The highest BCUT2D eigenvalue weighted by atomic mass is 35.5. The third-order valence-electron chi connectivity index (χ3n) is 7.35. The Hall–Kier alpha value is -5.78. The summed E-state index contributed by atoms with van der Waals surface area (Å²) in [5.74, 6) is 0.850. The lowest BCUT2D eigenvalue weighted by molar-refractivity contribution is 0.385. The van der Waals surface area contributed by atoms with Gasteiger partial charge in [-0.25, -0.2) is 26.8 Å². The number of nitrogens with zero attached hydrogens (tertiary/aromatic N) is 6. The van der Waals surface area contributed by atoms with Gasteiger partial charge in [0.25, 0.3) is 20.0 Å². The lowest BCUT2D eigenvalue weighted by Crippen LogP contribution is -2.16. The van der Waals surface area contributed by atoms with Crippen molar-refractivity contribution in [2.24, 2.45) is 0 Å². The van der Waals surface area contributed by atoms with Gasteiger partial charge in [0.2, 0.25) is 0 Å². The SMILES string of the molecule is COc1cc(Cn2cc(-c3cncc(NS(=O)(=O)c4cc(Cl)ccc4OC)c3)cn2)c(OC)c(S(=O)(=O)Nc2cncc(-c3ncccn3)c2)c1. The van der Waals surface area contributed by atoms with Gasteiger partial charge in [-0.05, 0) is 42.5 Å². The molecule has 262 valence electrons. The molecule has 0 unspecified atom stereocenters. The van der Waals surface area contributed by atoms with Gasteiger partial charge in [-0.3, -0.25) is 24.1 Å². The summed E-state index contributed by atoms with van der Waals surface area (Å²) in [5, 5.41) is 4.67. The van der Waals surface area contributed by atoms with Crippen LogP contribution in [0.5, 0.6) is 17.2 Å². The van der Waals surface area contributed by atoms with Gasteiger partial charge in [0.05, 0.1) is 57.8 Å². The molecule has 0 aliphatic carbocycles. The van der Waals surface area contributed by atoms with Crippen LogP contribution in [-0.2, 0) is 26.6 Å². The second-order valence-electron chi connectivity index (χ2n) is 10.7. The second-order valence-corrected chi connectivity index (χ2v) is 14.5. The first-order chi connectivity index (χ1) is 24.5. The number of sulfonamides is 2. The maximum Gasteiger partial charge on any atom is 0.265 e. The lowest BCUT2D eigenvalue weighted by atomic mass is 10.1. The molecular weight excluding hydrogens is 720 g/mol. The largest absolute Gasteiger partial charge is 0.497 e. The molecule has 6 aromatic rings. The number of benzene rings is 2. The molecule has 51 heavy (non-hydrogen) atoms. The highest BCUT2D eigenvalue weighted by Crippen LogP contribution is 2.35. The first-order valence-electron chi connectivity index (χ1n) is 14.8. The van der Waals surface area contributed by atoms with Gasteiger partial charge in [0.15, 0.2) is 5.82 Å². The Balaban J connectivity index is 1.26. The number of pyridine rings is 2. The Bertz CT molecular complexity index is 2430. The predicted octanol–water partition coefficient (Wildman–Crippen LogP) is 5.13. The minimum Gasteiger partial charge on any atom is -0.497 e. The fourth-order valence-electron chi connectivity index (χ4n) is 5.07. The molecule has 0 aliphatic rings. The summed E-state index contributed by atoms with van der Waals surface area (Å²) in [7, 11) is -4.17. The number of hydrogen-bond acceptors (Lipinski definition) is 12. The van der Waals surface area contributed by atoms with E-state index in [1.54, 1.807) is 59.9 Å². The van der Waals surface area contributed by atoms with Crippen molar-refractivity contribution >= 4 is 43.0 Å². The number of methoxy groups -OCH3 is 3. The number of nitrogens with one attached hydrogen (secondary N) is 2. The average molecular weight is 749 g/mol. The molecule has 18 heteroatoms. The highest BCUT2D eigenvalue weighted by Gasteiger charge is 2.25. The smallest absolute Gasteiger partial charge is 0.265 e. The van der Waals surface area contributed by atoms with Gasteiger partial charge in [0.1, 0.15) is 27.0 Å². The van der Waals surface area contributed by atoms with Crippen LogP contribution in [0.4, 0.5) is 11.4 Å². The van der Waals surface area contributed by atoms with E-state index >= 15 is 0 Å². The predicted molar refractivity (Wildman–Crippen MR) is 189 cm³/mol. The van der Waals surface area contributed by atoms with E-state index in [9.17, 15) is 16.8 Å². The van der Waals surface area contributed by atoms with Gasteiger partial charge in [-0.15, -0.1) is 0 Å². The molecule has 0 spiro atoms. The number of halogens is 1. The molecule has 0 bridgehead atoms. The molecule has 2 N–H and O–H groups in total. The van der Waals surface area contributed by atoms with Crippen molar-refractivity contribution < 1.29 is 31.0 Å². The molecule has 0 amide bonds. The molecule has 4 aromatic heterocycles. The summed E-state index contributed by atoms with van der Waals surface area (Å²) in [5.41, 5.74) is 2.51. The quantitative estimate of drug-likeness (QED) is 0.159. The van der Waals surface area contributed by atoms with E-state index in [2.05, 4.69) is 34.5 Å². The maximum atomic E-state index is 13.8. The van der Waals surface area contributed by atoms with Crippen LogP contribution in [0.25, 0.3) is 22.5 Å². The van der Waals surface area contributed by atoms with E-state index in [-0.39, 0.29) is 50.0 Å². The third kappa shape index (κ3) is 7.85. The molecule has 0 fully saturated rings. The van der Waals surface area contributed by atoms with Crippen LogP contribution in [0, 0.1) is 0 Å². The minimum atomic E-state index is -4.23. The molecule has 0 saturated heterocycles. The number of hydrogen-bond donors (Lipinski definition) is 2. The fraction of sp³-hybridized carbons (Fsp3) is 0.121. The number of ether oxygens (including phenoxy) is 3. The van der Waals surface area contributed by atoms with Crippen molar-refractivity contribution in [3.63, 3.8) is 0 Å². The summed E-state index contributed by atoms with van der Waals surface area (Å²) in [6, 6.07) is 12.1. The molecule has 0 atom stereocenters. The Labute approximate surface area is 298 Å². The highest BCUT2D eigenvalue weighted by molar-refractivity contribution is 7.93. The Kier molecular flexibility index (Phi) is 10.0. The summed E-state index contributed by atoms with van der Waals surface area (Å²) in [4.78, 5) is 16.4. The Morgan fingerprint density at radius 2 is 1.39 bits per heavy atom. The summed E-state index contributed by atoms with van der Waals surface area (Å²) >= 11 is 6.05. The summed E-state index contributed by atoms with van der Waals surface area (Å²) in [6.45, 7) is 0.0829. The molecule has 0 saturated carbocycles. The minimum absolute atomic E-state index is 0.0744. The van der Waals surface area contributed by atoms with E-state index in [1.807, 2.05) is 0 Å². The van der Waals surface area contributed by atoms with E-state index < -0.39 is 20.0 Å². The van der Waals surface area contributed by atoms with Crippen LogP contribution >= 0.6 is 11.6 Å². The topological polar surface area (TPSA) is 189 Å². The van der Waals surface area contributed by atoms with Gasteiger partial charge in [-0.1, -0.05) is 11.6 Å². The van der Waals surface area contributed by atoms with Gasteiger partial charge >= 0.3 is 0 Å². The van der Waals surface area contributed by atoms with Crippen molar-refractivity contribution in [2.45, 2.75) is 16.3 Å². The van der Waals surface area contributed by atoms with Crippen LogP contribution in [0.2, 0.25) is 5.02 Å². The van der Waals surface area contributed by atoms with E-state index in [0.29, 0.717) is 28.1 Å². The fourth-order valence-corrected chi connectivity index (χ4v) is 7.80. The van der Waals surface area contributed by atoms with E-state index in [0.717, 1.165) is 0 Å². The summed E-state index contributed by atoms with van der Waals surface area (Å²) in [6.07, 6.45) is 12.2. The standard InChI is InChI=1S/C33H29ClN8O7S2/c1-47-28-11-23(32(49-3)31(13-28)51(45,46)41-27-10-22(15-36-18-27)33-37-7-4-8-38-33)19-42-20-24(16-39-42)21-9-26(17-35-14-21)40-50(43,44)30-12-25(34)5-6-29(30)48-2/h4-18,20,40-41H,19H2,1-3H3. The maximum absolute atomic E-state index is 13.8. The van der Waals surface area contributed by atoms with Gasteiger partial charge < -0.3 is 14.2 Å². The number of aromatic nitrogens is 6. The Morgan fingerprint density at radius 3 is 2.06 bits per heavy atom. The molecule has 0 radical (unpaired) electrons. The number of rotatable bonds is 13. The van der Waals surface area contributed by atoms with Gasteiger partial charge in [0, 0.05) is 64.3 Å². The van der Waals surface area contributed by atoms with Crippen LogP contribution in [0.3, 0.4) is 0 Å². The zero-order valence-corrected chi connectivity index (χ0v) is 29.6. The zero-order valence-electron chi connectivity index (χ0n) is 27.2. The van der Waals surface area contributed by atoms with E-state index in [4.69, 9.17) is 25.8 Å². The second kappa shape index (κ2) is 14.6. The first-order valence-corrected chi connectivity index (χ1v) is 18.2.